The normalized spacial score (nSPS) is 16.3. The Morgan fingerprint density at radius 2 is 1.58 bits per heavy atom. The van der Waals surface area contributed by atoms with Crippen LogP contribution < -0.4 is 21.7 Å². The molecule has 36 heavy (non-hydrogen) atoms. The summed E-state index contributed by atoms with van der Waals surface area (Å²) in [5.41, 5.74) is 6.16. The molecule has 0 aliphatic carbocycles. The standard InChI is InChI=1S/C22H33N5O9/c1-11(24-8-16(30)19(33)17(31)10-29)20(34)25-12(2)21(35)27-15(7-18(23)32)22(36)26-14-5-3-13(9-28)4-6-14/h3-6,8,11-12,15-17,19,28-31,33H,7,9-10H2,1-2H3,(H2,23,32)(H,25,34)(H,26,36)(H,27,35)/b24-8+/t11?,12?,15?,16-,17+,19+/m0/s1. The van der Waals surface area contributed by atoms with Crippen LogP contribution in [-0.2, 0) is 25.8 Å². The lowest BCUT2D eigenvalue weighted by Gasteiger charge is -2.21. The molecule has 0 aromatic heterocycles. The Kier molecular flexibility index (Phi) is 12.6. The molecule has 1 rings (SSSR count). The fraction of sp³-hybridized carbons (Fsp3) is 0.500. The van der Waals surface area contributed by atoms with Crippen LogP contribution in [0.25, 0.3) is 0 Å². The Labute approximate surface area is 207 Å². The van der Waals surface area contributed by atoms with E-state index in [9.17, 15) is 34.5 Å². The number of carbonyl (C=O) groups excluding carboxylic acids is 4. The van der Waals surface area contributed by atoms with E-state index < -0.39 is 73.1 Å². The van der Waals surface area contributed by atoms with Gasteiger partial charge in [-0.25, -0.2) is 0 Å². The molecule has 0 aliphatic rings. The van der Waals surface area contributed by atoms with Crippen molar-refractivity contribution in [3.8, 4) is 0 Å². The highest BCUT2D eigenvalue weighted by atomic mass is 16.4. The van der Waals surface area contributed by atoms with Gasteiger partial charge in [-0.1, -0.05) is 12.1 Å². The number of nitrogens with zero attached hydrogens (tertiary/aromatic N) is 1. The van der Waals surface area contributed by atoms with E-state index in [4.69, 9.17) is 15.9 Å². The smallest absolute Gasteiger partial charge is 0.247 e. The zero-order chi connectivity index (χ0) is 27.4. The quantitative estimate of drug-likeness (QED) is 0.112. The number of rotatable bonds is 14. The van der Waals surface area contributed by atoms with Crippen molar-refractivity contribution in [3.63, 3.8) is 0 Å². The van der Waals surface area contributed by atoms with Crippen molar-refractivity contribution in [2.75, 3.05) is 11.9 Å². The van der Waals surface area contributed by atoms with Crippen LogP contribution >= 0.6 is 0 Å². The minimum atomic E-state index is -1.72. The summed E-state index contributed by atoms with van der Waals surface area (Å²) in [7, 11) is 0. The lowest BCUT2D eigenvalue weighted by atomic mass is 10.1. The van der Waals surface area contributed by atoms with Gasteiger partial charge < -0.3 is 47.2 Å². The zero-order valence-corrected chi connectivity index (χ0v) is 19.9. The maximum Gasteiger partial charge on any atom is 0.247 e. The maximum absolute atomic E-state index is 12.6. The summed E-state index contributed by atoms with van der Waals surface area (Å²) >= 11 is 0. The van der Waals surface area contributed by atoms with E-state index in [2.05, 4.69) is 20.9 Å². The number of aliphatic hydroxyl groups excluding tert-OH is 5. The number of amides is 4. The Balaban J connectivity index is 2.74. The second kappa shape index (κ2) is 14.9. The highest BCUT2D eigenvalue weighted by Gasteiger charge is 2.27. The molecule has 0 radical (unpaired) electrons. The monoisotopic (exact) mass is 511 g/mol. The molecule has 0 saturated heterocycles. The van der Waals surface area contributed by atoms with Crippen LogP contribution in [0.15, 0.2) is 29.3 Å². The van der Waals surface area contributed by atoms with E-state index in [0.29, 0.717) is 11.3 Å². The number of hydrogen-bond donors (Lipinski definition) is 9. The molecule has 14 nitrogen and oxygen atoms in total. The van der Waals surface area contributed by atoms with E-state index in [1.54, 1.807) is 12.1 Å². The van der Waals surface area contributed by atoms with Crippen molar-refractivity contribution in [1.29, 1.82) is 0 Å². The Morgan fingerprint density at radius 1 is 0.972 bits per heavy atom. The molecule has 0 fully saturated rings. The van der Waals surface area contributed by atoms with E-state index in [0.717, 1.165) is 6.21 Å². The second-order valence-corrected chi connectivity index (χ2v) is 8.01. The SMILES string of the molecule is CC(/N=C/[C@H](O)[C@@H](O)[C@H](O)CO)C(=O)NC(C)C(=O)NC(CC(N)=O)C(=O)Nc1ccc(CO)cc1. The number of nitrogens with two attached hydrogens (primary N) is 1. The Hall–Kier alpha value is -3.43. The van der Waals surface area contributed by atoms with Gasteiger partial charge in [0.1, 0.15) is 36.4 Å². The molecule has 4 amide bonds. The molecule has 1 aromatic rings. The topological polar surface area (TPSA) is 244 Å². The molecule has 1 aromatic carbocycles. The molecule has 14 heteroatoms. The van der Waals surface area contributed by atoms with Crippen LogP contribution in [0.2, 0.25) is 0 Å². The number of primary amides is 1. The van der Waals surface area contributed by atoms with E-state index in [1.807, 2.05) is 0 Å². The highest BCUT2D eigenvalue weighted by Crippen LogP contribution is 2.10. The van der Waals surface area contributed by atoms with Gasteiger partial charge in [-0.3, -0.25) is 24.2 Å². The second-order valence-electron chi connectivity index (χ2n) is 8.01. The van der Waals surface area contributed by atoms with Gasteiger partial charge in [0, 0.05) is 11.9 Å². The lowest BCUT2D eigenvalue weighted by molar-refractivity contribution is -0.131. The van der Waals surface area contributed by atoms with Gasteiger partial charge in [0.05, 0.1) is 19.6 Å². The van der Waals surface area contributed by atoms with E-state index in [1.165, 1.54) is 26.0 Å². The third-order valence-corrected chi connectivity index (χ3v) is 4.97. The van der Waals surface area contributed by atoms with E-state index >= 15 is 0 Å². The summed E-state index contributed by atoms with van der Waals surface area (Å²) in [5.74, 6) is -3.11. The fourth-order valence-corrected chi connectivity index (χ4v) is 2.74. The van der Waals surface area contributed by atoms with Crippen molar-refractivity contribution in [3.05, 3.63) is 29.8 Å². The van der Waals surface area contributed by atoms with Gasteiger partial charge in [-0.05, 0) is 31.5 Å². The van der Waals surface area contributed by atoms with Gasteiger partial charge in [0.15, 0.2) is 0 Å². The average Bonchev–Trinajstić information content (AvgIpc) is 2.85. The van der Waals surface area contributed by atoms with Gasteiger partial charge in [0.25, 0.3) is 0 Å². The number of aliphatic hydroxyl groups is 5. The van der Waals surface area contributed by atoms with Crippen LogP contribution in [0, 0.1) is 0 Å². The van der Waals surface area contributed by atoms with Gasteiger partial charge in [-0.15, -0.1) is 0 Å². The molecule has 0 spiro atoms. The number of carbonyl (C=O) groups is 4. The van der Waals surface area contributed by atoms with Gasteiger partial charge in [0.2, 0.25) is 23.6 Å². The van der Waals surface area contributed by atoms with Crippen LogP contribution in [0.5, 0.6) is 0 Å². The molecule has 200 valence electrons. The number of hydrogen-bond acceptors (Lipinski definition) is 10. The first-order chi connectivity index (χ1) is 16.9. The number of benzene rings is 1. The third kappa shape index (κ3) is 10.1. The van der Waals surface area contributed by atoms with Crippen LogP contribution in [-0.4, -0.2) is 98.4 Å². The molecule has 3 unspecified atom stereocenters. The first-order valence-electron chi connectivity index (χ1n) is 11.0. The van der Waals surface area contributed by atoms with Crippen molar-refractivity contribution >= 4 is 35.5 Å². The molecule has 0 saturated carbocycles. The van der Waals surface area contributed by atoms with Crippen LogP contribution in [0.4, 0.5) is 5.69 Å². The summed E-state index contributed by atoms with van der Waals surface area (Å²) in [6.07, 6.45) is -4.67. The predicted octanol–water partition coefficient (Wildman–Crippen LogP) is -3.48. The Morgan fingerprint density at radius 3 is 2.11 bits per heavy atom. The third-order valence-electron chi connectivity index (χ3n) is 4.97. The van der Waals surface area contributed by atoms with E-state index in [-0.39, 0.29) is 6.61 Å². The lowest BCUT2D eigenvalue weighted by Crippen LogP contribution is -2.53. The molecule has 6 atom stereocenters. The number of aliphatic imine (C=N–C) groups is 1. The zero-order valence-electron chi connectivity index (χ0n) is 19.9. The molecular formula is C22H33N5O9. The van der Waals surface area contributed by atoms with Crippen molar-refractivity contribution in [2.24, 2.45) is 10.7 Å². The number of anilines is 1. The Bertz CT molecular complexity index is 925. The van der Waals surface area contributed by atoms with Gasteiger partial charge in [-0.2, -0.15) is 0 Å². The first kappa shape index (κ1) is 30.6. The largest absolute Gasteiger partial charge is 0.394 e. The summed E-state index contributed by atoms with van der Waals surface area (Å²) < 4.78 is 0. The highest BCUT2D eigenvalue weighted by molar-refractivity contribution is 6.00. The molecule has 0 heterocycles. The fourth-order valence-electron chi connectivity index (χ4n) is 2.74. The first-order valence-corrected chi connectivity index (χ1v) is 11.0. The molecule has 0 bridgehead atoms. The maximum atomic E-state index is 12.6. The van der Waals surface area contributed by atoms with Crippen molar-refractivity contribution in [1.82, 2.24) is 10.6 Å². The summed E-state index contributed by atoms with van der Waals surface area (Å²) in [5, 5.41) is 53.7. The van der Waals surface area contributed by atoms with Crippen molar-refractivity contribution < 1.29 is 44.7 Å². The van der Waals surface area contributed by atoms with Crippen LogP contribution in [0.1, 0.15) is 25.8 Å². The van der Waals surface area contributed by atoms with Crippen molar-refractivity contribution in [2.45, 2.75) is 63.3 Å². The predicted molar refractivity (Wildman–Crippen MR) is 127 cm³/mol. The molecule has 0 aliphatic heterocycles. The summed E-state index contributed by atoms with van der Waals surface area (Å²) in [4.78, 5) is 52.6. The molecule has 10 N–H and O–H groups in total. The minimum Gasteiger partial charge on any atom is -0.394 e. The summed E-state index contributed by atoms with van der Waals surface area (Å²) in [6.45, 7) is 1.69. The average molecular weight is 512 g/mol. The number of nitrogens with one attached hydrogen (secondary N) is 3. The van der Waals surface area contributed by atoms with Crippen LogP contribution in [0.3, 0.4) is 0 Å². The van der Waals surface area contributed by atoms with Gasteiger partial charge >= 0.3 is 0 Å². The minimum absolute atomic E-state index is 0.183. The summed E-state index contributed by atoms with van der Waals surface area (Å²) in [6, 6.07) is 2.60. The molecular weight excluding hydrogens is 478 g/mol.